The van der Waals surface area contributed by atoms with Crippen LogP contribution in [0.2, 0.25) is 0 Å². The van der Waals surface area contributed by atoms with Gasteiger partial charge in [0.2, 0.25) is 0 Å². The zero-order chi connectivity index (χ0) is 11.9. The molecule has 15 heavy (non-hydrogen) atoms. The Morgan fingerprint density at radius 1 is 1.53 bits per heavy atom. The number of hydrogen-bond acceptors (Lipinski definition) is 2. The van der Waals surface area contributed by atoms with Gasteiger partial charge in [-0.1, -0.05) is 6.08 Å². The Morgan fingerprint density at radius 3 is 2.53 bits per heavy atom. The molecule has 0 aromatic heterocycles. The molecule has 0 rings (SSSR count). The molecule has 0 saturated heterocycles. The Balaban J connectivity index is 4.02. The summed E-state index contributed by atoms with van der Waals surface area (Å²) in [6.45, 7) is 3.28. The van der Waals surface area contributed by atoms with Crippen molar-refractivity contribution in [2.75, 3.05) is 6.61 Å². The Labute approximate surface area is 85.5 Å². The van der Waals surface area contributed by atoms with Crippen molar-refractivity contribution < 1.29 is 27.8 Å². The number of unbranched alkanes of at least 4 members (excludes halogenated alkanes) is 1. The fourth-order valence-electron chi connectivity index (χ4n) is 0.881. The lowest BCUT2D eigenvalue weighted by molar-refractivity contribution is -0.224. The van der Waals surface area contributed by atoms with Crippen LogP contribution in [-0.2, 0) is 9.53 Å². The molecule has 88 valence electrons. The van der Waals surface area contributed by atoms with Crippen LogP contribution >= 0.6 is 0 Å². The molecule has 0 heterocycles. The normalized spacial score (nSPS) is 13.5. The third-order valence-corrected chi connectivity index (χ3v) is 1.60. The van der Waals surface area contributed by atoms with Gasteiger partial charge in [-0.2, -0.15) is 13.2 Å². The van der Waals surface area contributed by atoms with Crippen LogP contribution in [0, 0.1) is 0 Å². The van der Waals surface area contributed by atoms with E-state index in [9.17, 15) is 18.0 Å². The minimum atomic E-state index is -4.63. The van der Waals surface area contributed by atoms with E-state index in [1.165, 1.54) is 0 Å². The summed E-state index contributed by atoms with van der Waals surface area (Å²) in [5.41, 5.74) is 0. The first kappa shape index (κ1) is 14.0. The summed E-state index contributed by atoms with van der Waals surface area (Å²) in [7, 11) is 0. The molecule has 0 aliphatic carbocycles. The van der Waals surface area contributed by atoms with Gasteiger partial charge >= 0.3 is 12.1 Å². The van der Waals surface area contributed by atoms with Gasteiger partial charge in [0.1, 0.15) is 0 Å². The van der Waals surface area contributed by atoms with Crippen LogP contribution in [0.15, 0.2) is 12.7 Å². The Morgan fingerprint density at radius 2 is 2.13 bits per heavy atom. The quantitative estimate of drug-likeness (QED) is 0.535. The number of halogens is 3. The van der Waals surface area contributed by atoms with E-state index in [2.05, 4.69) is 11.3 Å². The number of aliphatic carboxylic acids is 1. The number of carboxylic acid groups (broad SMARTS) is 1. The maximum atomic E-state index is 12.2. The molecule has 0 amide bonds. The van der Waals surface area contributed by atoms with E-state index in [1.54, 1.807) is 6.08 Å². The molecule has 0 saturated carbocycles. The number of carboxylic acids is 1. The average molecular weight is 226 g/mol. The van der Waals surface area contributed by atoms with E-state index in [-0.39, 0.29) is 6.61 Å². The second-order valence-corrected chi connectivity index (χ2v) is 2.93. The fourth-order valence-corrected chi connectivity index (χ4v) is 0.881. The lowest BCUT2D eigenvalue weighted by Crippen LogP contribution is -2.34. The number of allylic oxidation sites excluding steroid dienone is 1. The SMILES string of the molecule is C=CCCCOC(CC(=O)O)C(F)(F)F. The van der Waals surface area contributed by atoms with E-state index < -0.39 is 24.7 Å². The zero-order valence-corrected chi connectivity index (χ0v) is 8.09. The summed E-state index contributed by atoms with van der Waals surface area (Å²) in [6.07, 6.45) is -5.42. The number of carbonyl (C=O) groups is 1. The highest BCUT2D eigenvalue weighted by Crippen LogP contribution is 2.25. The molecule has 0 aliphatic heterocycles. The van der Waals surface area contributed by atoms with Gasteiger partial charge < -0.3 is 9.84 Å². The lowest BCUT2D eigenvalue weighted by atomic mass is 10.2. The monoisotopic (exact) mass is 226 g/mol. The first-order chi connectivity index (χ1) is 6.88. The maximum absolute atomic E-state index is 12.2. The maximum Gasteiger partial charge on any atom is 0.415 e. The van der Waals surface area contributed by atoms with Crippen LogP contribution in [0.4, 0.5) is 13.2 Å². The van der Waals surface area contributed by atoms with E-state index in [4.69, 9.17) is 5.11 Å². The molecule has 0 spiro atoms. The van der Waals surface area contributed by atoms with Gasteiger partial charge in [-0.25, -0.2) is 0 Å². The number of rotatable bonds is 7. The van der Waals surface area contributed by atoms with Crippen molar-refractivity contribution in [2.24, 2.45) is 0 Å². The molecule has 0 aliphatic rings. The molecule has 0 bridgehead atoms. The smallest absolute Gasteiger partial charge is 0.415 e. The van der Waals surface area contributed by atoms with Gasteiger partial charge in [0, 0.05) is 6.61 Å². The second-order valence-electron chi connectivity index (χ2n) is 2.93. The van der Waals surface area contributed by atoms with Crippen molar-refractivity contribution in [3.63, 3.8) is 0 Å². The van der Waals surface area contributed by atoms with Gasteiger partial charge in [-0.15, -0.1) is 6.58 Å². The van der Waals surface area contributed by atoms with Gasteiger partial charge in [0.15, 0.2) is 6.10 Å². The fraction of sp³-hybridized carbons (Fsp3) is 0.667. The molecule has 0 radical (unpaired) electrons. The molecule has 0 aromatic rings. The molecule has 0 aromatic carbocycles. The number of alkyl halides is 3. The zero-order valence-electron chi connectivity index (χ0n) is 8.09. The highest BCUT2D eigenvalue weighted by atomic mass is 19.4. The van der Waals surface area contributed by atoms with Crippen molar-refractivity contribution in [1.82, 2.24) is 0 Å². The summed E-state index contributed by atoms with van der Waals surface area (Å²) in [5, 5.41) is 8.25. The van der Waals surface area contributed by atoms with E-state index >= 15 is 0 Å². The predicted molar refractivity (Wildman–Crippen MR) is 47.5 cm³/mol. The van der Waals surface area contributed by atoms with Crippen LogP contribution in [0.3, 0.4) is 0 Å². The molecule has 0 fully saturated rings. The molecule has 6 heteroatoms. The molecule has 1 atom stereocenters. The predicted octanol–water partition coefficient (Wildman–Crippen LogP) is 2.37. The van der Waals surface area contributed by atoms with Crippen LogP contribution < -0.4 is 0 Å². The van der Waals surface area contributed by atoms with Gasteiger partial charge in [-0.05, 0) is 12.8 Å². The first-order valence-electron chi connectivity index (χ1n) is 4.39. The van der Waals surface area contributed by atoms with Crippen molar-refractivity contribution in [1.29, 1.82) is 0 Å². The molecule has 1 N–H and O–H groups in total. The van der Waals surface area contributed by atoms with E-state index in [1.807, 2.05) is 0 Å². The highest BCUT2D eigenvalue weighted by Gasteiger charge is 2.41. The standard InChI is InChI=1S/C9H13F3O3/c1-2-3-4-5-15-7(6-8(13)14)9(10,11)12/h2,7H,1,3-6H2,(H,13,14). The molecule has 3 nitrogen and oxygen atoms in total. The topological polar surface area (TPSA) is 46.5 Å². The van der Waals surface area contributed by atoms with Crippen molar-refractivity contribution in [2.45, 2.75) is 31.5 Å². The highest BCUT2D eigenvalue weighted by molar-refractivity contribution is 5.67. The van der Waals surface area contributed by atoms with Crippen LogP contribution in [0.5, 0.6) is 0 Å². The van der Waals surface area contributed by atoms with Crippen molar-refractivity contribution >= 4 is 5.97 Å². The van der Waals surface area contributed by atoms with Gasteiger partial charge in [0.05, 0.1) is 6.42 Å². The molecular formula is C9H13F3O3. The minimum Gasteiger partial charge on any atom is -0.481 e. The first-order valence-corrected chi connectivity index (χ1v) is 4.39. The van der Waals surface area contributed by atoms with Crippen molar-refractivity contribution in [3.05, 3.63) is 12.7 Å². The Kier molecular flexibility index (Phi) is 6.00. The number of ether oxygens (including phenoxy) is 1. The summed E-state index contributed by atoms with van der Waals surface area (Å²) in [6, 6.07) is 0. The summed E-state index contributed by atoms with van der Waals surface area (Å²) >= 11 is 0. The molecular weight excluding hydrogens is 213 g/mol. The van der Waals surface area contributed by atoms with Crippen LogP contribution in [0.1, 0.15) is 19.3 Å². The summed E-state index contributed by atoms with van der Waals surface area (Å²) < 4.78 is 41.0. The third kappa shape index (κ3) is 6.96. The van der Waals surface area contributed by atoms with E-state index in [0.29, 0.717) is 12.8 Å². The van der Waals surface area contributed by atoms with Crippen LogP contribution in [-0.4, -0.2) is 30.0 Å². The lowest BCUT2D eigenvalue weighted by Gasteiger charge is -2.18. The number of hydrogen-bond donors (Lipinski definition) is 1. The van der Waals surface area contributed by atoms with Gasteiger partial charge in [-0.3, -0.25) is 4.79 Å². The third-order valence-electron chi connectivity index (χ3n) is 1.60. The summed E-state index contributed by atoms with van der Waals surface area (Å²) in [5.74, 6) is -1.53. The summed E-state index contributed by atoms with van der Waals surface area (Å²) in [4.78, 5) is 10.1. The van der Waals surface area contributed by atoms with Crippen molar-refractivity contribution in [3.8, 4) is 0 Å². The Hall–Kier alpha value is -1.04. The minimum absolute atomic E-state index is 0.122. The average Bonchev–Trinajstić information content (AvgIpc) is 2.08. The molecule has 1 unspecified atom stereocenters. The Bertz CT molecular complexity index is 213. The van der Waals surface area contributed by atoms with Gasteiger partial charge in [0.25, 0.3) is 0 Å². The van der Waals surface area contributed by atoms with Crippen LogP contribution in [0.25, 0.3) is 0 Å². The van der Waals surface area contributed by atoms with E-state index in [0.717, 1.165) is 0 Å². The largest absolute Gasteiger partial charge is 0.481 e. The second kappa shape index (κ2) is 6.44.